The molecular formula is C15H17IN2S. The molecule has 1 N–H and O–H groups in total. The molecule has 0 amide bonds. The van der Waals surface area contributed by atoms with Gasteiger partial charge in [0.05, 0.1) is 6.04 Å². The number of nitrogens with zero attached hydrogens (tertiary/aromatic N) is 1. The first-order valence-electron chi connectivity index (χ1n) is 6.58. The molecule has 1 saturated heterocycles. The van der Waals surface area contributed by atoms with Crippen LogP contribution in [0.15, 0.2) is 41.8 Å². The molecule has 0 saturated carbocycles. The summed E-state index contributed by atoms with van der Waals surface area (Å²) in [5.74, 6) is 0. The van der Waals surface area contributed by atoms with Gasteiger partial charge in [-0.15, -0.1) is 11.3 Å². The Hall–Kier alpha value is -0.430. The molecule has 0 aliphatic carbocycles. The van der Waals surface area contributed by atoms with E-state index in [1.165, 1.54) is 14.0 Å². The molecule has 2 aromatic rings. The van der Waals surface area contributed by atoms with Crippen LogP contribution in [0, 0.1) is 3.57 Å². The van der Waals surface area contributed by atoms with Gasteiger partial charge in [-0.1, -0.05) is 18.2 Å². The number of rotatable bonds is 3. The van der Waals surface area contributed by atoms with Gasteiger partial charge in [-0.3, -0.25) is 4.90 Å². The SMILES string of the molecule is Ic1cccc([C@@H](c2cccs2)N2CCNCC2)c1. The van der Waals surface area contributed by atoms with Crippen molar-refractivity contribution in [1.82, 2.24) is 10.2 Å². The van der Waals surface area contributed by atoms with Crippen molar-refractivity contribution in [2.75, 3.05) is 26.2 Å². The zero-order valence-corrected chi connectivity index (χ0v) is 13.7. The molecule has 1 fully saturated rings. The van der Waals surface area contributed by atoms with Gasteiger partial charge in [0, 0.05) is 34.6 Å². The lowest BCUT2D eigenvalue weighted by atomic mass is 10.0. The van der Waals surface area contributed by atoms with E-state index in [0.29, 0.717) is 6.04 Å². The molecule has 1 aromatic carbocycles. The van der Waals surface area contributed by atoms with Crippen LogP contribution in [0.25, 0.3) is 0 Å². The first kappa shape index (κ1) is 13.5. The van der Waals surface area contributed by atoms with E-state index in [2.05, 4.69) is 74.6 Å². The van der Waals surface area contributed by atoms with Gasteiger partial charge in [-0.2, -0.15) is 0 Å². The minimum atomic E-state index is 0.414. The zero-order chi connectivity index (χ0) is 13.1. The smallest absolute Gasteiger partial charge is 0.0697 e. The van der Waals surface area contributed by atoms with Crippen LogP contribution in [0.1, 0.15) is 16.5 Å². The van der Waals surface area contributed by atoms with Crippen molar-refractivity contribution < 1.29 is 0 Å². The second kappa shape index (κ2) is 6.35. The van der Waals surface area contributed by atoms with Crippen LogP contribution in [-0.2, 0) is 0 Å². The molecule has 1 aromatic heterocycles. The van der Waals surface area contributed by atoms with E-state index < -0.39 is 0 Å². The van der Waals surface area contributed by atoms with Crippen molar-refractivity contribution in [3.63, 3.8) is 0 Å². The number of hydrogen-bond donors (Lipinski definition) is 1. The Balaban J connectivity index is 1.96. The Morgan fingerprint density at radius 2 is 2.00 bits per heavy atom. The van der Waals surface area contributed by atoms with Gasteiger partial charge >= 0.3 is 0 Å². The van der Waals surface area contributed by atoms with E-state index >= 15 is 0 Å². The van der Waals surface area contributed by atoms with E-state index in [1.807, 2.05) is 11.3 Å². The summed E-state index contributed by atoms with van der Waals surface area (Å²) in [4.78, 5) is 4.04. The highest BCUT2D eigenvalue weighted by atomic mass is 127. The molecule has 2 heterocycles. The summed E-state index contributed by atoms with van der Waals surface area (Å²) in [7, 11) is 0. The minimum Gasteiger partial charge on any atom is -0.314 e. The number of nitrogens with one attached hydrogen (secondary N) is 1. The highest BCUT2D eigenvalue weighted by molar-refractivity contribution is 14.1. The van der Waals surface area contributed by atoms with Crippen LogP contribution in [0.5, 0.6) is 0 Å². The van der Waals surface area contributed by atoms with E-state index in [0.717, 1.165) is 26.2 Å². The highest BCUT2D eigenvalue weighted by Crippen LogP contribution is 2.32. The van der Waals surface area contributed by atoms with Gasteiger partial charge in [-0.25, -0.2) is 0 Å². The van der Waals surface area contributed by atoms with Gasteiger partial charge < -0.3 is 5.32 Å². The largest absolute Gasteiger partial charge is 0.314 e. The quantitative estimate of drug-likeness (QED) is 0.817. The van der Waals surface area contributed by atoms with Crippen LogP contribution >= 0.6 is 33.9 Å². The van der Waals surface area contributed by atoms with Crippen LogP contribution in [0.3, 0.4) is 0 Å². The van der Waals surface area contributed by atoms with Gasteiger partial charge in [0.15, 0.2) is 0 Å². The molecular weight excluding hydrogens is 367 g/mol. The molecule has 2 nitrogen and oxygen atoms in total. The number of halogens is 1. The van der Waals surface area contributed by atoms with Gasteiger partial charge in [0.1, 0.15) is 0 Å². The van der Waals surface area contributed by atoms with Gasteiger partial charge in [0.25, 0.3) is 0 Å². The summed E-state index contributed by atoms with van der Waals surface area (Å²) in [6.45, 7) is 4.42. The number of thiophene rings is 1. The molecule has 0 radical (unpaired) electrons. The Bertz CT molecular complexity index is 521. The fraction of sp³-hybridized carbons (Fsp3) is 0.333. The molecule has 3 rings (SSSR count). The average molecular weight is 384 g/mol. The van der Waals surface area contributed by atoms with Crippen LogP contribution in [0.2, 0.25) is 0 Å². The number of benzene rings is 1. The number of hydrogen-bond acceptors (Lipinski definition) is 3. The predicted molar refractivity (Wildman–Crippen MR) is 89.8 cm³/mol. The first-order valence-corrected chi connectivity index (χ1v) is 8.54. The van der Waals surface area contributed by atoms with Crippen LogP contribution in [-0.4, -0.2) is 31.1 Å². The molecule has 4 heteroatoms. The molecule has 0 unspecified atom stereocenters. The Labute approximate surface area is 132 Å². The lowest BCUT2D eigenvalue weighted by molar-refractivity contribution is 0.200. The number of piperazine rings is 1. The average Bonchev–Trinajstić information content (AvgIpc) is 2.94. The normalized spacial score (nSPS) is 18.4. The molecule has 1 aliphatic rings. The maximum atomic E-state index is 3.44. The van der Waals surface area contributed by atoms with Crippen molar-refractivity contribution in [2.24, 2.45) is 0 Å². The summed E-state index contributed by atoms with van der Waals surface area (Å²) in [5, 5.41) is 5.62. The summed E-state index contributed by atoms with van der Waals surface area (Å²) < 4.78 is 1.31. The summed E-state index contributed by atoms with van der Waals surface area (Å²) in [6, 6.07) is 13.7. The van der Waals surface area contributed by atoms with Crippen molar-refractivity contribution >= 4 is 33.9 Å². The molecule has 0 spiro atoms. The van der Waals surface area contributed by atoms with E-state index in [9.17, 15) is 0 Å². The summed E-state index contributed by atoms with van der Waals surface area (Å²) in [6.07, 6.45) is 0. The van der Waals surface area contributed by atoms with Gasteiger partial charge in [-0.05, 0) is 51.7 Å². The first-order chi connectivity index (χ1) is 9.34. The lowest BCUT2D eigenvalue weighted by Gasteiger charge is -2.34. The topological polar surface area (TPSA) is 15.3 Å². The molecule has 0 bridgehead atoms. The van der Waals surface area contributed by atoms with Crippen molar-refractivity contribution in [3.8, 4) is 0 Å². The summed E-state index contributed by atoms with van der Waals surface area (Å²) in [5.41, 5.74) is 1.41. The fourth-order valence-corrected chi connectivity index (χ4v) is 4.07. The predicted octanol–water partition coefficient (Wildman–Crippen LogP) is 3.35. The molecule has 1 atom stereocenters. The van der Waals surface area contributed by atoms with E-state index in [1.54, 1.807) is 0 Å². The Morgan fingerprint density at radius 1 is 1.16 bits per heavy atom. The highest BCUT2D eigenvalue weighted by Gasteiger charge is 2.24. The third-order valence-electron chi connectivity index (χ3n) is 3.49. The van der Waals surface area contributed by atoms with Gasteiger partial charge in [0.2, 0.25) is 0 Å². The molecule has 100 valence electrons. The van der Waals surface area contributed by atoms with E-state index in [4.69, 9.17) is 0 Å². The zero-order valence-electron chi connectivity index (χ0n) is 10.7. The van der Waals surface area contributed by atoms with E-state index in [-0.39, 0.29) is 0 Å². The minimum absolute atomic E-state index is 0.414. The maximum absolute atomic E-state index is 3.44. The third kappa shape index (κ3) is 3.18. The fourth-order valence-electron chi connectivity index (χ4n) is 2.62. The lowest BCUT2D eigenvalue weighted by Crippen LogP contribution is -2.45. The van der Waals surface area contributed by atoms with Crippen molar-refractivity contribution in [2.45, 2.75) is 6.04 Å². The van der Waals surface area contributed by atoms with Crippen LogP contribution < -0.4 is 5.32 Å². The Kier molecular flexibility index (Phi) is 4.53. The second-order valence-electron chi connectivity index (χ2n) is 4.76. The maximum Gasteiger partial charge on any atom is 0.0697 e. The second-order valence-corrected chi connectivity index (χ2v) is 6.98. The molecule has 19 heavy (non-hydrogen) atoms. The standard InChI is InChI=1S/C15H17IN2S/c16-13-4-1-3-12(11-13)15(14-5-2-10-19-14)18-8-6-17-7-9-18/h1-5,10-11,15,17H,6-9H2/t15-/m0/s1. The van der Waals surface area contributed by atoms with Crippen molar-refractivity contribution in [3.05, 3.63) is 55.8 Å². The Morgan fingerprint density at radius 3 is 2.68 bits per heavy atom. The third-order valence-corrected chi connectivity index (χ3v) is 5.09. The molecule has 1 aliphatic heterocycles. The van der Waals surface area contributed by atoms with Crippen LogP contribution in [0.4, 0.5) is 0 Å². The van der Waals surface area contributed by atoms with Crippen molar-refractivity contribution in [1.29, 1.82) is 0 Å². The monoisotopic (exact) mass is 384 g/mol. The summed E-state index contributed by atoms with van der Waals surface area (Å²) >= 11 is 4.26.